The lowest BCUT2D eigenvalue weighted by Crippen LogP contribution is -2.79. The van der Waals surface area contributed by atoms with Crippen molar-refractivity contribution in [2.75, 3.05) is 26.3 Å². The SMILES string of the molecule is CC(C)=CCN1CCC23c4c5ccc(C#N)c4OC2C2(CCC3(O)C1C5)OCCO2. The fourth-order valence-corrected chi connectivity index (χ4v) is 6.98. The van der Waals surface area contributed by atoms with E-state index in [2.05, 4.69) is 37.0 Å². The van der Waals surface area contributed by atoms with Crippen molar-refractivity contribution in [1.82, 2.24) is 4.90 Å². The van der Waals surface area contributed by atoms with Gasteiger partial charge < -0.3 is 19.3 Å². The van der Waals surface area contributed by atoms with Gasteiger partial charge in [0.1, 0.15) is 11.8 Å². The molecule has 1 aromatic rings. The van der Waals surface area contributed by atoms with Crippen LogP contribution in [0.25, 0.3) is 0 Å². The summed E-state index contributed by atoms with van der Waals surface area (Å²) in [5, 5.41) is 22.2. The van der Waals surface area contributed by atoms with Gasteiger partial charge in [0.2, 0.25) is 5.79 Å². The van der Waals surface area contributed by atoms with Gasteiger partial charge in [-0.05, 0) is 51.3 Å². The molecule has 2 aliphatic carbocycles. The molecule has 0 radical (unpaired) electrons. The molecule has 3 aliphatic heterocycles. The second kappa shape index (κ2) is 6.08. The molecule has 1 N–H and O–H groups in total. The van der Waals surface area contributed by atoms with Crippen LogP contribution in [-0.4, -0.2) is 59.8 Å². The summed E-state index contributed by atoms with van der Waals surface area (Å²) < 4.78 is 18.9. The van der Waals surface area contributed by atoms with Gasteiger partial charge in [-0.25, -0.2) is 0 Å². The molecule has 2 spiro atoms. The lowest BCUT2D eigenvalue weighted by molar-refractivity contribution is -0.296. The van der Waals surface area contributed by atoms with Crippen LogP contribution in [0.5, 0.6) is 5.75 Å². The van der Waals surface area contributed by atoms with Gasteiger partial charge in [-0.15, -0.1) is 0 Å². The van der Waals surface area contributed by atoms with Gasteiger partial charge in [0.15, 0.2) is 6.10 Å². The third-order valence-corrected chi connectivity index (χ3v) is 8.23. The minimum Gasteiger partial charge on any atom is -0.482 e. The third-order valence-electron chi connectivity index (χ3n) is 8.23. The van der Waals surface area contributed by atoms with Crippen LogP contribution >= 0.6 is 0 Å². The first kappa shape index (κ1) is 18.8. The number of nitriles is 1. The molecule has 5 aliphatic rings. The highest BCUT2D eigenvalue weighted by molar-refractivity contribution is 5.63. The number of piperidine rings is 1. The van der Waals surface area contributed by atoms with Crippen LogP contribution in [0.3, 0.4) is 0 Å². The van der Waals surface area contributed by atoms with E-state index in [1.54, 1.807) is 0 Å². The van der Waals surface area contributed by atoms with E-state index < -0.39 is 22.9 Å². The van der Waals surface area contributed by atoms with Gasteiger partial charge in [-0.1, -0.05) is 17.7 Å². The maximum atomic E-state index is 12.4. The molecule has 3 heterocycles. The molecule has 2 bridgehead atoms. The zero-order valence-electron chi connectivity index (χ0n) is 17.6. The molecule has 1 saturated carbocycles. The molecule has 4 atom stereocenters. The molecule has 30 heavy (non-hydrogen) atoms. The molecule has 6 rings (SSSR count). The number of nitrogens with zero attached hydrogens (tertiary/aromatic N) is 2. The third kappa shape index (κ3) is 2.07. The molecular weight excluding hydrogens is 380 g/mol. The van der Waals surface area contributed by atoms with Crippen molar-refractivity contribution < 1.29 is 19.3 Å². The predicted octanol–water partition coefficient (Wildman–Crippen LogP) is 2.42. The van der Waals surface area contributed by atoms with Gasteiger partial charge in [0.05, 0.1) is 29.8 Å². The van der Waals surface area contributed by atoms with E-state index in [1.807, 2.05) is 6.07 Å². The monoisotopic (exact) mass is 408 g/mol. The average Bonchev–Trinajstić information content (AvgIpc) is 3.33. The summed E-state index contributed by atoms with van der Waals surface area (Å²) >= 11 is 0. The van der Waals surface area contributed by atoms with Crippen molar-refractivity contribution in [2.45, 2.75) is 68.5 Å². The van der Waals surface area contributed by atoms with E-state index in [1.165, 1.54) is 11.1 Å². The summed E-state index contributed by atoms with van der Waals surface area (Å²) in [5.41, 5.74) is 2.54. The first-order valence-electron chi connectivity index (χ1n) is 11.1. The fraction of sp³-hybridized carbons (Fsp3) is 0.625. The molecule has 2 saturated heterocycles. The van der Waals surface area contributed by atoms with Crippen molar-refractivity contribution >= 4 is 0 Å². The van der Waals surface area contributed by atoms with Crippen molar-refractivity contribution in [3.8, 4) is 11.8 Å². The zero-order valence-corrected chi connectivity index (χ0v) is 17.6. The lowest BCUT2D eigenvalue weighted by atomic mass is 9.48. The second-order valence-electron chi connectivity index (χ2n) is 9.74. The van der Waals surface area contributed by atoms with Gasteiger partial charge in [0.25, 0.3) is 0 Å². The van der Waals surface area contributed by atoms with Gasteiger partial charge in [0, 0.05) is 24.6 Å². The van der Waals surface area contributed by atoms with Crippen LogP contribution in [0.2, 0.25) is 0 Å². The Labute approximate surface area is 177 Å². The Morgan fingerprint density at radius 2 is 2.07 bits per heavy atom. The highest BCUT2D eigenvalue weighted by atomic mass is 16.8. The first-order valence-corrected chi connectivity index (χ1v) is 11.1. The molecule has 4 unspecified atom stereocenters. The normalized spacial score (nSPS) is 37.4. The fourth-order valence-electron chi connectivity index (χ4n) is 6.98. The van der Waals surface area contributed by atoms with E-state index >= 15 is 0 Å². The molecule has 6 heteroatoms. The van der Waals surface area contributed by atoms with Crippen LogP contribution in [0.1, 0.15) is 49.8 Å². The standard InChI is InChI=1S/C24H28N2O4/c1-15(2)5-9-26-10-8-22-19-16-3-4-17(14-25)20(19)30-21(22)24(28-11-12-29-24)7-6-23(22,27)18(26)13-16/h3-5,18,21,27H,6-13H2,1-2H3. The predicted molar refractivity (Wildman–Crippen MR) is 109 cm³/mol. The Kier molecular flexibility index (Phi) is 3.81. The summed E-state index contributed by atoms with van der Waals surface area (Å²) in [6, 6.07) is 6.25. The molecule has 0 amide bonds. The first-order chi connectivity index (χ1) is 14.5. The van der Waals surface area contributed by atoms with Gasteiger partial charge in [-0.3, -0.25) is 4.90 Å². The molecule has 6 nitrogen and oxygen atoms in total. The number of allylic oxidation sites excluding steroid dienone is 1. The van der Waals surface area contributed by atoms with Gasteiger partial charge >= 0.3 is 0 Å². The maximum Gasteiger partial charge on any atom is 0.207 e. The number of benzene rings is 1. The molecule has 3 fully saturated rings. The van der Waals surface area contributed by atoms with Crippen molar-refractivity contribution in [1.29, 1.82) is 5.26 Å². The minimum absolute atomic E-state index is 0.0121. The zero-order chi connectivity index (χ0) is 20.7. The number of fused-ring (bicyclic) bond motifs is 1. The Morgan fingerprint density at radius 1 is 1.27 bits per heavy atom. The Morgan fingerprint density at radius 3 is 2.80 bits per heavy atom. The second-order valence-corrected chi connectivity index (χ2v) is 9.74. The highest BCUT2D eigenvalue weighted by Gasteiger charge is 2.77. The van der Waals surface area contributed by atoms with Crippen molar-refractivity contribution in [3.63, 3.8) is 0 Å². The Hall–Kier alpha value is -1.91. The maximum absolute atomic E-state index is 12.4. The lowest BCUT2D eigenvalue weighted by Gasteiger charge is -2.65. The van der Waals surface area contributed by atoms with Crippen LogP contribution in [0.15, 0.2) is 23.8 Å². The highest BCUT2D eigenvalue weighted by Crippen LogP contribution is 2.67. The largest absolute Gasteiger partial charge is 0.482 e. The summed E-state index contributed by atoms with van der Waals surface area (Å²) in [7, 11) is 0. The molecule has 158 valence electrons. The van der Waals surface area contributed by atoms with Crippen LogP contribution < -0.4 is 4.74 Å². The quantitative estimate of drug-likeness (QED) is 0.758. The number of hydrogen-bond acceptors (Lipinski definition) is 6. The van der Waals surface area contributed by atoms with E-state index in [0.717, 1.165) is 31.5 Å². The Bertz CT molecular complexity index is 988. The molecule has 0 aromatic heterocycles. The van der Waals surface area contributed by atoms with Crippen LogP contribution in [0, 0.1) is 11.3 Å². The number of likely N-dealkylation sites (tertiary alicyclic amines) is 1. The number of aliphatic hydroxyl groups is 1. The van der Waals surface area contributed by atoms with E-state index in [4.69, 9.17) is 14.2 Å². The summed E-state index contributed by atoms with van der Waals surface area (Å²) in [6.45, 7) is 7.03. The van der Waals surface area contributed by atoms with Gasteiger partial charge in [-0.2, -0.15) is 5.26 Å². The Balaban J connectivity index is 1.56. The molecular formula is C24H28N2O4. The van der Waals surface area contributed by atoms with E-state index in [-0.39, 0.29) is 6.04 Å². The molecule has 1 aromatic carbocycles. The van der Waals surface area contributed by atoms with E-state index in [0.29, 0.717) is 37.4 Å². The summed E-state index contributed by atoms with van der Waals surface area (Å²) in [4.78, 5) is 2.43. The van der Waals surface area contributed by atoms with Crippen LogP contribution in [-0.2, 0) is 21.3 Å². The summed E-state index contributed by atoms with van der Waals surface area (Å²) in [5.74, 6) is -0.186. The number of ether oxygens (including phenoxy) is 3. The topological polar surface area (TPSA) is 75.0 Å². The number of rotatable bonds is 2. The minimum atomic E-state index is -0.932. The number of hydrogen-bond donors (Lipinski definition) is 1. The smallest absolute Gasteiger partial charge is 0.207 e. The summed E-state index contributed by atoms with van der Waals surface area (Å²) in [6.07, 6.45) is 4.57. The average molecular weight is 408 g/mol. The van der Waals surface area contributed by atoms with Crippen molar-refractivity contribution in [2.24, 2.45) is 0 Å². The van der Waals surface area contributed by atoms with Crippen LogP contribution in [0.4, 0.5) is 0 Å². The van der Waals surface area contributed by atoms with Crippen molar-refractivity contribution in [3.05, 3.63) is 40.5 Å². The van der Waals surface area contributed by atoms with E-state index in [9.17, 15) is 10.4 Å².